The van der Waals surface area contributed by atoms with E-state index >= 15 is 0 Å². The van der Waals surface area contributed by atoms with E-state index in [0.717, 1.165) is 43.6 Å². The minimum absolute atomic E-state index is 0.148. The Morgan fingerprint density at radius 1 is 1.06 bits per heavy atom. The third-order valence-electron chi connectivity index (χ3n) is 5.62. The van der Waals surface area contributed by atoms with Crippen LogP contribution in [0.5, 0.6) is 0 Å². The summed E-state index contributed by atoms with van der Waals surface area (Å²) in [6.45, 7) is 3.74. The third kappa shape index (κ3) is 5.94. The molecule has 7 heteroatoms. The maximum absolute atomic E-state index is 12.5. The SMILES string of the molecule is O=C(NCc1ccc(CN2CCC(O)CC2)cc1)c1cnn(Cc2ccccc2Cl)c1. The summed E-state index contributed by atoms with van der Waals surface area (Å²) < 4.78 is 1.71. The predicted molar refractivity (Wildman–Crippen MR) is 121 cm³/mol. The Bertz CT molecular complexity index is 1010. The average Bonchev–Trinajstić information content (AvgIpc) is 3.25. The number of hydrogen-bond acceptors (Lipinski definition) is 4. The molecule has 162 valence electrons. The van der Waals surface area contributed by atoms with Gasteiger partial charge in [0.1, 0.15) is 0 Å². The number of aliphatic hydroxyl groups is 1. The molecule has 0 aliphatic carbocycles. The minimum atomic E-state index is -0.152. The summed E-state index contributed by atoms with van der Waals surface area (Å²) >= 11 is 6.20. The summed E-state index contributed by atoms with van der Waals surface area (Å²) in [6, 6.07) is 15.9. The molecule has 3 aromatic rings. The molecule has 0 radical (unpaired) electrons. The number of hydrogen-bond donors (Lipinski definition) is 2. The summed E-state index contributed by atoms with van der Waals surface area (Å²) in [7, 11) is 0. The molecule has 0 spiro atoms. The van der Waals surface area contributed by atoms with Gasteiger partial charge in [0.05, 0.1) is 24.4 Å². The number of aliphatic hydroxyl groups excluding tert-OH is 1. The second-order valence-corrected chi connectivity index (χ2v) is 8.43. The number of likely N-dealkylation sites (tertiary alicyclic amines) is 1. The Morgan fingerprint density at radius 3 is 2.52 bits per heavy atom. The van der Waals surface area contributed by atoms with Crippen molar-refractivity contribution in [3.63, 3.8) is 0 Å². The van der Waals surface area contributed by atoms with E-state index in [-0.39, 0.29) is 12.0 Å². The molecular formula is C24H27ClN4O2. The fraction of sp³-hybridized carbons (Fsp3) is 0.333. The molecule has 1 aliphatic rings. The number of carbonyl (C=O) groups is 1. The molecule has 31 heavy (non-hydrogen) atoms. The Balaban J connectivity index is 1.27. The van der Waals surface area contributed by atoms with Crippen molar-refractivity contribution in [1.29, 1.82) is 0 Å². The number of aromatic nitrogens is 2. The summed E-state index contributed by atoms with van der Waals surface area (Å²) in [4.78, 5) is 14.9. The lowest BCUT2D eigenvalue weighted by molar-refractivity contribution is 0.0792. The highest BCUT2D eigenvalue weighted by molar-refractivity contribution is 6.31. The predicted octanol–water partition coefficient (Wildman–Crippen LogP) is 3.47. The van der Waals surface area contributed by atoms with Gasteiger partial charge in [-0.05, 0) is 35.6 Å². The Hall–Kier alpha value is -2.67. The lowest BCUT2D eigenvalue weighted by atomic mass is 10.1. The third-order valence-corrected chi connectivity index (χ3v) is 5.99. The quantitative estimate of drug-likeness (QED) is 0.592. The van der Waals surface area contributed by atoms with Crippen LogP contribution >= 0.6 is 11.6 Å². The molecule has 1 fully saturated rings. The number of benzene rings is 2. The molecule has 1 amide bonds. The highest BCUT2D eigenvalue weighted by Gasteiger charge is 2.16. The van der Waals surface area contributed by atoms with E-state index in [1.54, 1.807) is 17.1 Å². The monoisotopic (exact) mass is 438 g/mol. The maximum atomic E-state index is 12.5. The first-order chi connectivity index (χ1) is 15.1. The van der Waals surface area contributed by atoms with E-state index in [1.165, 1.54) is 5.56 Å². The lowest BCUT2D eigenvalue weighted by Crippen LogP contribution is -2.35. The molecule has 1 saturated heterocycles. The van der Waals surface area contributed by atoms with Crippen molar-refractivity contribution in [3.8, 4) is 0 Å². The zero-order chi connectivity index (χ0) is 21.6. The van der Waals surface area contributed by atoms with Gasteiger partial charge < -0.3 is 10.4 Å². The number of halogens is 1. The molecular weight excluding hydrogens is 412 g/mol. The van der Waals surface area contributed by atoms with Gasteiger partial charge >= 0.3 is 0 Å². The van der Waals surface area contributed by atoms with E-state index in [0.29, 0.717) is 23.7 Å². The second-order valence-electron chi connectivity index (χ2n) is 8.02. The van der Waals surface area contributed by atoms with E-state index in [1.807, 2.05) is 24.3 Å². The van der Waals surface area contributed by atoms with Crippen LogP contribution in [0.25, 0.3) is 0 Å². The first-order valence-electron chi connectivity index (χ1n) is 10.6. The molecule has 0 bridgehead atoms. The van der Waals surface area contributed by atoms with E-state index in [9.17, 15) is 9.90 Å². The highest BCUT2D eigenvalue weighted by Crippen LogP contribution is 2.16. The molecule has 0 atom stereocenters. The minimum Gasteiger partial charge on any atom is -0.393 e. The van der Waals surface area contributed by atoms with Crippen LogP contribution in [-0.4, -0.2) is 44.9 Å². The summed E-state index contributed by atoms with van der Waals surface area (Å²) in [6.07, 6.45) is 4.85. The van der Waals surface area contributed by atoms with Gasteiger partial charge in [-0.3, -0.25) is 14.4 Å². The van der Waals surface area contributed by atoms with Crippen molar-refractivity contribution < 1.29 is 9.90 Å². The van der Waals surface area contributed by atoms with Crippen LogP contribution in [0.3, 0.4) is 0 Å². The first-order valence-corrected chi connectivity index (χ1v) is 11.0. The Kier molecular flexibility index (Phi) is 7.02. The topological polar surface area (TPSA) is 70.4 Å². The number of nitrogens with one attached hydrogen (secondary N) is 1. The van der Waals surface area contributed by atoms with Gasteiger partial charge in [0, 0.05) is 37.4 Å². The van der Waals surface area contributed by atoms with Gasteiger partial charge in [-0.1, -0.05) is 54.1 Å². The molecule has 6 nitrogen and oxygen atoms in total. The zero-order valence-electron chi connectivity index (χ0n) is 17.4. The molecule has 4 rings (SSSR count). The standard InChI is InChI=1S/C24H27ClN4O2/c25-23-4-2-1-3-20(23)16-29-17-21(14-27-29)24(31)26-13-18-5-7-19(8-6-18)15-28-11-9-22(30)10-12-28/h1-8,14,17,22,30H,9-13,15-16H2,(H,26,31). The summed E-state index contributed by atoms with van der Waals surface area (Å²) in [5.41, 5.74) is 3.78. The van der Waals surface area contributed by atoms with Crippen molar-refractivity contribution in [2.24, 2.45) is 0 Å². The van der Waals surface area contributed by atoms with E-state index in [4.69, 9.17) is 11.6 Å². The number of rotatable bonds is 7. The number of nitrogens with zero attached hydrogens (tertiary/aromatic N) is 3. The van der Waals surface area contributed by atoms with Crippen LogP contribution in [0.2, 0.25) is 5.02 Å². The van der Waals surface area contributed by atoms with Gasteiger partial charge in [-0.15, -0.1) is 0 Å². The van der Waals surface area contributed by atoms with E-state index < -0.39 is 0 Å². The van der Waals surface area contributed by atoms with Gasteiger partial charge in [0.2, 0.25) is 0 Å². The molecule has 2 N–H and O–H groups in total. The first kappa shape index (κ1) is 21.6. The van der Waals surface area contributed by atoms with Crippen molar-refractivity contribution in [2.75, 3.05) is 13.1 Å². The van der Waals surface area contributed by atoms with E-state index in [2.05, 4.69) is 39.6 Å². The van der Waals surface area contributed by atoms with Crippen LogP contribution in [0.15, 0.2) is 60.9 Å². The van der Waals surface area contributed by atoms with Gasteiger partial charge in [0.25, 0.3) is 5.91 Å². The van der Waals surface area contributed by atoms with Crippen LogP contribution in [0, 0.1) is 0 Å². The van der Waals surface area contributed by atoms with Crippen molar-refractivity contribution in [2.45, 2.75) is 38.6 Å². The largest absolute Gasteiger partial charge is 0.393 e. The second kappa shape index (κ2) is 10.1. The molecule has 0 unspecified atom stereocenters. The lowest BCUT2D eigenvalue weighted by Gasteiger charge is -2.29. The van der Waals surface area contributed by atoms with Gasteiger partial charge in [-0.25, -0.2) is 0 Å². The van der Waals surface area contributed by atoms with Crippen molar-refractivity contribution in [1.82, 2.24) is 20.0 Å². The molecule has 1 aliphatic heterocycles. The number of amides is 1. The fourth-order valence-corrected chi connectivity index (χ4v) is 3.95. The average molecular weight is 439 g/mol. The van der Waals surface area contributed by atoms with Crippen LogP contribution in [0.4, 0.5) is 0 Å². The number of piperidine rings is 1. The fourth-order valence-electron chi connectivity index (χ4n) is 3.75. The number of carbonyl (C=O) groups excluding carboxylic acids is 1. The van der Waals surface area contributed by atoms with Crippen molar-refractivity contribution >= 4 is 17.5 Å². The van der Waals surface area contributed by atoms with Crippen LogP contribution in [0.1, 0.15) is 39.9 Å². The van der Waals surface area contributed by atoms with Crippen LogP contribution in [-0.2, 0) is 19.6 Å². The Labute approximate surface area is 187 Å². The Morgan fingerprint density at radius 2 is 1.77 bits per heavy atom. The van der Waals surface area contributed by atoms with Crippen LogP contribution < -0.4 is 5.32 Å². The molecule has 2 heterocycles. The normalized spacial score (nSPS) is 15.2. The molecule has 2 aromatic carbocycles. The summed E-state index contributed by atoms with van der Waals surface area (Å²) in [5, 5.41) is 17.5. The van der Waals surface area contributed by atoms with Gasteiger partial charge in [-0.2, -0.15) is 5.10 Å². The summed E-state index contributed by atoms with van der Waals surface area (Å²) in [5.74, 6) is -0.152. The van der Waals surface area contributed by atoms with Crippen molar-refractivity contribution in [3.05, 3.63) is 88.2 Å². The smallest absolute Gasteiger partial charge is 0.254 e. The zero-order valence-corrected chi connectivity index (χ0v) is 18.1. The highest BCUT2D eigenvalue weighted by atomic mass is 35.5. The molecule has 0 saturated carbocycles. The maximum Gasteiger partial charge on any atom is 0.254 e. The molecule has 1 aromatic heterocycles. The van der Waals surface area contributed by atoms with Gasteiger partial charge in [0.15, 0.2) is 0 Å².